The van der Waals surface area contributed by atoms with Crippen LogP contribution in [0.4, 0.5) is 13.2 Å². The number of carbonyl (C=O) groups excluding carboxylic acids is 1. The summed E-state index contributed by atoms with van der Waals surface area (Å²) in [5.41, 5.74) is 1.27. The number of nitrogens with one attached hydrogen (secondary N) is 1. The van der Waals surface area contributed by atoms with E-state index in [0.29, 0.717) is 11.3 Å². The average Bonchev–Trinajstić information content (AvgIpc) is 2.76. The Labute approximate surface area is 178 Å². The maximum Gasteiger partial charge on any atom is 0.419 e. The maximum atomic E-state index is 13.4. The van der Waals surface area contributed by atoms with E-state index in [0.717, 1.165) is 37.9 Å². The number of hydrogen-bond acceptors (Lipinski definition) is 4. The van der Waals surface area contributed by atoms with E-state index in [1.54, 1.807) is 24.4 Å². The Morgan fingerprint density at radius 2 is 1.81 bits per heavy atom. The van der Waals surface area contributed by atoms with E-state index < -0.39 is 11.7 Å². The van der Waals surface area contributed by atoms with Crippen LogP contribution in [0.3, 0.4) is 0 Å². The summed E-state index contributed by atoms with van der Waals surface area (Å²) in [5.74, 6) is -0.652. The van der Waals surface area contributed by atoms with Gasteiger partial charge in [0.15, 0.2) is 0 Å². The van der Waals surface area contributed by atoms with Crippen molar-refractivity contribution in [3.8, 4) is 5.75 Å². The second-order valence-corrected chi connectivity index (χ2v) is 7.27. The highest BCUT2D eigenvalue weighted by atomic mass is 19.4. The third-order valence-electron chi connectivity index (χ3n) is 5.34. The van der Waals surface area contributed by atoms with Crippen molar-refractivity contribution in [3.05, 3.63) is 83.4 Å². The van der Waals surface area contributed by atoms with Crippen LogP contribution in [0.5, 0.6) is 5.75 Å². The first kappa shape index (κ1) is 21.0. The molecule has 0 spiro atoms. The van der Waals surface area contributed by atoms with Crippen molar-refractivity contribution in [2.75, 3.05) is 33.3 Å². The van der Waals surface area contributed by atoms with Gasteiger partial charge in [0.2, 0.25) is 0 Å². The fraction of sp³-hybridized carbons (Fsp3) is 0.261. The van der Waals surface area contributed by atoms with Gasteiger partial charge in [-0.3, -0.25) is 9.69 Å². The van der Waals surface area contributed by atoms with Crippen LogP contribution in [0, 0.1) is 0 Å². The second-order valence-electron chi connectivity index (χ2n) is 7.27. The minimum Gasteiger partial charge on any atom is -0.495 e. The lowest BCUT2D eigenvalue weighted by Gasteiger charge is -2.33. The molecule has 1 aromatic carbocycles. The summed E-state index contributed by atoms with van der Waals surface area (Å²) >= 11 is 0. The predicted molar refractivity (Wildman–Crippen MR) is 112 cm³/mol. The lowest BCUT2D eigenvalue weighted by atomic mass is 9.98. The van der Waals surface area contributed by atoms with E-state index in [2.05, 4.69) is 10.2 Å². The molecule has 31 heavy (non-hydrogen) atoms. The summed E-state index contributed by atoms with van der Waals surface area (Å²) in [4.78, 5) is 16.8. The summed E-state index contributed by atoms with van der Waals surface area (Å²) < 4.78 is 45.4. The Morgan fingerprint density at radius 1 is 1.06 bits per heavy atom. The maximum absolute atomic E-state index is 13.4. The molecule has 3 aliphatic heterocycles. The van der Waals surface area contributed by atoms with Crippen molar-refractivity contribution >= 4 is 11.5 Å². The first-order chi connectivity index (χ1) is 14.9. The number of nitrogens with zero attached hydrogens (tertiary/aromatic N) is 2. The molecule has 0 aromatic heterocycles. The molecular weight excluding hydrogens is 407 g/mol. The van der Waals surface area contributed by atoms with Gasteiger partial charge in [0.05, 0.1) is 18.4 Å². The predicted octanol–water partition coefficient (Wildman–Crippen LogP) is 3.70. The topological polar surface area (TPSA) is 44.8 Å². The van der Waals surface area contributed by atoms with E-state index in [1.165, 1.54) is 30.2 Å². The van der Waals surface area contributed by atoms with E-state index in [1.807, 2.05) is 12.2 Å². The average molecular weight is 429 g/mol. The molecule has 0 saturated carbocycles. The van der Waals surface area contributed by atoms with Crippen LogP contribution in [0.2, 0.25) is 0 Å². The van der Waals surface area contributed by atoms with Gasteiger partial charge in [-0.05, 0) is 29.9 Å². The molecule has 162 valence electrons. The van der Waals surface area contributed by atoms with Crippen LogP contribution in [0.25, 0.3) is 5.57 Å². The molecule has 1 aromatic rings. The summed E-state index contributed by atoms with van der Waals surface area (Å²) in [6, 6.07) is 3.79. The van der Waals surface area contributed by atoms with Gasteiger partial charge in [-0.1, -0.05) is 24.3 Å². The van der Waals surface area contributed by atoms with Crippen molar-refractivity contribution in [1.82, 2.24) is 15.1 Å². The lowest BCUT2D eigenvalue weighted by molar-refractivity contribution is -0.138. The first-order valence-electron chi connectivity index (χ1n) is 9.92. The van der Waals surface area contributed by atoms with Crippen LogP contribution >= 0.6 is 0 Å². The normalized spacial score (nSPS) is 23.6. The molecule has 3 heterocycles. The number of carbonyl (C=O) groups is 1. The molecule has 0 bridgehead atoms. The number of para-hydroxylation sites is 1. The molecule has 4 rings (SSSR count). The molecule has 0 unspecified atom stereocenters. The number of amides is 1. The number of halogens is 3. The fourth-order valence-corrected chi connectivity index (χ4v) is 3.81. The van der Waals surface area contributed by atoms with E-state index >= 15 is 0 Å². The molecule has 0 radical (unpaired) electrons. The van der Waals surface area contributed by atoms with Crippen molar-refractivity contribution in [2.24, 2.45) is 0 Å². The monoisotopic (exact) mass is 429 g/mol. The van der Waals surface area contributed by atoms with Gasteiger partial charge in [-0.15, -0.1) is 0 Å². The molecule has 1 amide bonds. The van der Waals surface area contributed by atoms with Crippen molar-refractivity contribution in [3.63, 3.8) is 0 Å². The Balaban J connectivity index is 1.72. The number of benzene rings is 1. The smallest absolute Gasteiger partial charge is 0.419 e. The summed E-state index contributed by atoms with van der Waals surface area (Å²) in [7, 11) is 1.19. The number of allylic oxidation sites excluding steroid dienone is 6. The molecule has 0 atom stereocenters. The van der Waals surface area contributed by atoms with E-state index in [-0.39, 0.29) is 17.2 Å². The number of methoxy groups -OCH3 is 1. The lowest BCUT2D eigenvalue weighted by Crippen LogP contribution is -2.43. The molecule has 0 aliphatic carbocycles. The largest absolute Gasteiger partial charge is 0.495 e. The number of fused-ring (bicyclic) bond motifs is 1. The Morgan fingerprint density at radius 3 is 2.52 bits per heavy atom. The molecule has 8 heteroatoms. The third-order valence-corrected chi connectivity index (χ3v) is 5.34. The standard InChI is InChI=1S/C23H22F3N3O2/c1-31-22-19(6-3-7-20(22)23(24,25)26)16-4-2-5-17-8-9-18(15-29(17)21(30)14-16)28-12-10-27-11-13-28/h2-9,14-15,27H,10-13H2,1H3/b4-2+,16-14+,17-5+. The van der Waals surface area contributed by atoms with Gasteiger partial charge in [0, 0.05) is 49.7 Å². The molecule has 1 saturated heterocycles. The van der Waals surface area contributed by atoms with Gasteiger partial charge in [-0.2, -0.15) is 13.2 Å². The Kier molecular flexibility index (Phi) is 5.73. The molecular formula is C23H22F3N3O2. The third kappa shape index (κ3) is 4.29. The number of hydrogen-bond donors (Lipinski definition) is 1. The highest BCUT2D eigenvalue weighted by Crippen LogP contribution is 2.40. The van der Waals surface area contributed by atoms with Crippen LogP contribution in [-0.2, 0) is 11.0 Å². The second kappa shape index (κ2) is 8.47. The SMILES string of the molecule is COc1c(C2=C\C(=O)N3C=C(N4CCNCC4)C=C\C3=C/C=C/2)cccc1C(F)(F)F. The minimum absolute atomic E-state index is 0.206. The van der Waals surface area contributed by atoms with Crippen LogP contribution in [0.1, 0.15) is 11.1 Å². The number of rotatable bonds is 3. The zero-order chi connectivity index (χ0) is 22.0. The highest BCUT2D eigenvalue weighted by molar-refractivity contribution is 6.00. The van der Waals surface area contributed by atoms with Crippen LogP contribution < -0.4 is 10.1 Å². The van der Waals surface area contributed by atoms with Crippen LogP contribution in [-0.4, -0.2) is 49.0 Å². The zero-order valence-electron chi connectivity index (χ0n) is 16.9. The van der Waals surface area contributed by atoms with E-state index in [9.17, 15) is 18.0 Å². The molecule has 1 fully saturated rings. The van der Waals surface area contributed by atoms with E-state index in [4.69, 9.17) is 4.74 Å². The Hall–Kier alpha value is -3.26. The summed E-state index contributed by atoms with van der Waals surface area (Å²) in [5, 5.41) is 3.29. The van der Waals surface area contributed by atoms with Gasteiger partial charge in [-0.25, -0.2) is 0 Å². The number of piperazine rings is 1. The summed E-state index contributed by atoms with van der Waals surface area (Å²) in [6.45, 7) is 3.40. The number of alkyl halides is 3. The zero-order valence-corrected chi connectivity index (χ0v) is 16.9. The molecule has 3 aliphatic rings. The molecule has 1 N–H and O–H groups in total. The van der Waals surface area contributed by atoms with Crippen molar-refractivity contribution < 1.29 is 22.7 Å². The quantitative estimate of drug-likeness (QED) is 0.796. The van der Waals surface area contributed by atoms with Gasteiger partial charge >= 0.3 is 6.18 Å². The number of ether oxygens (including phenoxy) is 1. The Bertz CT molecular complexity index is 1030. The minimum atomic E-state index is -4.57. The summed E-state index contributed by atoms with van der Waals surface area (Å²) in [6.07, 6.45) is 7.47. The van der Waals surface area contributed by atoms with Gasteiger partial charge in [0.1, 0.15) is 5.75 Å². The fourth-order valence-electron chi connectivity index (χ4n) is 3.81. The van der Waals surface area contributed by atoms with Crippen molar-refractivity contribution in [1.29, 1.82) is 0 Å². The van der Waals surface area contributed by atoms with Crippen molar-refractivity contribution in [2.45, 2.75) is 6.18 Å². The first-order valence-corrected chi connectivity index (χ1v) is 9.92. The van der Waals surface area contributed by atoms with Gasteiger partial charge in [0.25, 0.3) is 5.91 Å². The molecule has 5 nitrogen and oxygen atoms in total. The van der Waals surface area contributed by atoms with Gasteiger partial charge < -0.3 is 15.0 Å². The highest BCUT2D eigenvalue weighted by Gasteiger charge is 2.35. The van der Waals surface area contributed by atoms with Crippen LogP contribution in [0.15, 0.2) is 72.2 Å².